The second-order valence-electron chi connectivity index (χ2n) is 6.04. The van der Waals surface area contributed by atoms with Gasteiger partial charge in [-0.15, -0.1) is 0 Å². The first-order valence-electron chi connectivity index (χ1n) is 8.26. The number of fused-ring (bicyclic) bond motifs is 1. The number of hydrogen-bond donors (Lipinski definition) is 1. The molecule has 0 atom stereocenters. The Labute approximate surface area is 152 Å². The first kappa shape index (κ1) is 17.5. The van der Waals surface area contributed by atoms with E-state index in [0.717, 1.165) is 22.0 Å². The third-order valence-electron chi connectivity index (χ3n) is 4.16. The van der Waals surface area contributed by atoms with Crippen LogP contribution >= 0.6 is 0 Å². The lowest BCUT2D eigenvalue weighted by atomic mass is 10.0. The number of hydrogen-bond acceptors (Lipinski definition) is 4. The van der Waals surface area contributed by atoms with Crippen molar-refractivity contribution in [3.8, 4) is 5.75 Å². The van der Waals surface area contributed by atoms with Crippen molar-refractivity contribution in [2.75, 3.05) is 26.1 Å². The molecule has 5 heteroatoms. The highest BCUT2D eigenvalue weighted by molar-refractivity contribution is 6.03. The number of rotatable bonds is 5. The molecular weight excluding hydrogens is 326 g/mol. The fourth-order valence-corrected chi connectivity index (χ4v) is 2.72. The second kappa shape index (κ2) is 7.70. The monoisotopic (exact) mass is 347 g/mol. The molecule has 0 saturated carbocycles. The molecule has 0 saturated heterocycles. The van der Waals surface area contributed by atoms with Crippen LogP contribution in [-0.2, 0) is 0 Å². The van der Waals surface area contributed by atoms with E-state index >= 15 is 0 Å². The molecule has 0 radical (unpaired) electrons. The summed E-state index contributed by atoms with van der Waals surface area (Å²) in [6.07, 6.45) is 1.62. The molecule has 3 aromatic rings. The summed E-state index contributed by atoms with van der Waals surface area (Å²) in [6.45, 7) is 0. The zero-order valence-electron chi connectivity index (χ0n) is 15.1. The van der Waals surface area contributed by atoms with E-state index in [9.17, 15) is 4.79 Å². The first-order valence-corrected chi connectivity index (χ1v) is 8.26. The van der Waals surface area contributed by atoms with Crippen molar-refractivity contribution in [1.29, 1.82) is 0 Å². The molecule has 0 aliphatic rings. The summed E-state index contributed by atoms with van der Waals surface area (Å²) in [5.74, 6) is 0.447. The number of benzene rings is 3. The Kier molecular flexibility index (Phi) is 5.17. The van der Waals surface area contributed by atoms with Crippen LogP contribution in [0, 0.1) is 0 Å². The number of carbonyl (C=O) groups is 1. The summed E-state index contributed by atoms with van der Waals surface area (Å²) < 4.78 is 5.42. The number of ether oxygens (including phenoxy) is 1. The fraction of sp³-hybridized carbons (Fsp3) is 0.143. The maximum absolute atomic E-state index is 12.3. The van der Waals surface area contributed by atoms with Gasteiger partial charge in [-0.05, 0) is 41.1 Å². The van der Waals surface area contributed by atoms with Gasteiger partial charge in [0.25, 0.3) is 5.91 Å². The molecule has 3 rings (SSSR count). The largest absolute Gasteiger partial charge is 0.496 e. The van der Waals surface area contributed by atoms with Gasteiger partial charge < -0.3 is 9.64 Å². The maximum Gasteiger partial charge on any atom is 0.271 e. The fourth-order valence-electron chi connectivity index (χ4n) is 2.72. The van der Waals surface area contributed by atoms with E-state index in [4.69, 9.17) is 4.74 Å². The molecule has 0 spiro atoms. The summed E-state index contributed by atoms with van der Waals surface area (Å²) >= 11 is 0. The molecular formula is C21H21N3O2. The Morgan fingerprint density at radius 2 is 1.77 bits per heavy atom. The Morgan fingerprint density at radius 3 is 2.46 bits per heavy atom. The summed E-state index contributed by atoms with van der Waals surface area (Å²) in [6, 6.07) is 19.2. The van der Waals surface area contributed by atoms with Crippen molar-refractivity contribution >= 4 is 28.6 Å². The van der Waals surface area contributed by atoms with Gasteiger partial charge in [0, 0.05) is 30.9 Å². The van der Waals surface area contributed by atoms with E-state index in [1.165, 1.54) is 0 Å². The highest BCUT2D eigenvalue weighted by Crippen LogP contribution is 2.26. The maximum atomic E-state index is 12.3. The van der Waals surface area contributed by atoms with Gasteiger partial charge >= 0.3 is 0 Å². The van der Waals surface area contributed by atoms with Crippen molar-refractivity contribution < 1.29 is 9.53 Å². The highest BCUT2D eigenvalue weighted by Gasteiger charge is 2.07. The number of anilines is 1. The van der Waals surface area contributed by atoms with Gasteiger partial charge in [-0.1, -0.05) is 30.3 Å². The molecule has 1 N–H and O–H groups in total. The van der Waals surface area contributed by atoms with Crippen LogP contribution in [0.1, 0.15) is 15.9 Å². The predicted molar refractivity (Wildman–Crippen MR) is 106 cm³/mol. The lowest BCUT2D eigenvalue weighted by molar-refractivity contribution is 0.0955. The van der Waals surface area contributed by atoms with Crippen LogP contribution in [0.3, 0.4) is 0 Å². The van der Waals surface area contributed by atoms with Crippen LogP contribution in [0.15, 0.2) is 65.8 Å². The van der Waals surface area contributed by atoms with Crippen molar-refractivity contribution in [3.63, 3.8) is 0 Å². The topological polar surface area (TPSA) is 53.9 Å². The van der Waals surface area contributed by atoms with Crippen LogP contribution in [0.2, 0.25) is 0 Å². The third kappa shape index (κ3) is 3.67. The average molecular weight is 347 g/mol. The Bertz CT molecular complexity index is 947. The molecule has 0 bridgehead atoms. The van der Waals surface area contributed by atoms with Gasteiger partial charge in [0.15, 0.2) is 0 Å². The van der Waals surface area contributed by atoms with E-state index < -0.39 is 0 Å². The molecule has 0 aromatic heterocycles. The van der Waals surface area contributed by atoms with Crippen LogP contribution < -0.4 is 15.1 Å². The minimum absolute atomic E-state index is 0.259. The van der Waals surface area contributed by atoms with E-state index in [1.54, 1.807) is 25.5 Å². The molecule has 132 valence electrons. The smallest absolute Gasteiger partial charge is 0.271 e. The Hall–Kier alpha value is -3.34. The SMILES string of the molecule is COc1ccc2ccccc2c1/C=N/NC(=O)c1ccc(N(C)C)cc1. The van der Waals surface area contributed by atoms with Gasteiger partial charge in [0.05, 0.1) is 13.3 Å². The number of methoxy groups -OCH3 is 1. The van der Waals surface area contributed by atoms with E-state index in [2.05, 4.69) is 10.5 Å². The molecule has 0 unspecified atom stereocenters. The molecule has 0 aliphatic heterocycles. The quantitative estimate of drug-likeness (QED) is 0.566. The number of hydrazone groups is 1. The lowest BCUT2D eigenvalue weighted by Gasteiger charge is -2.12. The standard InChI is InChI=1S/C21H21N3O2/c1-24(2)17-11-8-16(9-12-17)21(25)23-22-14-19-18-7-5-4-6-15(18)10-13-20(19)26-3/h4-14H,1-3H3,(H,23,25)/b22-14+. The molecule has 3 aromatic carbocycles. The van der Waals surface area contributed by atoms with Crippen LogP contribution in [0.5, 0.6) is 5.75 Å². The molecule has 1 amide bonds. The van der Waals surface area contributed by atoms with Gasteiger partial charge in [0.2, 0.25) is 0 Å². The summed E-state index contributed by atoms with van der Waals surface area (Å²) in [4.78, 5) is 14.2. The van der Waals surface area contributed by atoms with Gasteiger partial charge in [0.1, 0.15) is 5.75 Å². The van der Waals surface area contributed by atoms with Gasteiger partial charge in [-0.25, -0.2) is 5.43 Å². The molecule has 0 aliphatic carbocycles. The van der Waals surface area contributed by atoms with E-state index in [0.29, 0.717) is 11.3 Å². The third-order valence-corrected chi connectivity index (χ3v) is 4.16. The zero-order valence-corrected chi connectivity index (χ0v) is 15.1. The number of carbonyl (C=O) groups excluding carboxylic acids is 1. The highest BCUT2D eigenvalue weighted by atomic mass is 16.5. The van der Waals surface area contributed by atoms with Gasteiger partial charge in [-0.2, -0.15) is 5.10 Å². The number of amides is 1. The number of nitrogens with zero attached hydrogens (tertiary/aromatic N) is 2. The molecule has 0 heterocycles. The lowest BCUT2D eigenvalue weighted by Crippen LogP contribution is -2.18. The van der Waals surface area contributed by atoms with Crippen molar-refractivity contribution in [1.82, 2.24) is 5.43 Å². The van der Waals surface area contributed by atoms with Crippen LogP contribution in [0.4, 0.5) is 5.69 Å². The summed E-state index contributed by atoms with van der Waals surface area (Å²) in [7, 11) is 5.53. The first-order chi connectivity index (χ1) is 12.6. The molecule has 26 heavy (non-hydrogen) atoms. The average Bonchev–Trinajstić information content (AvgIpc) is 2.68. The molecule has 0 fully saturated rings. The van der Waals surface area contributed by atoms with Crippen molar-refractivity contribution in [2.24, 2.45) is 5.10 Å². The summed E-state index contributed by atoms with van der Waals surface area (Å²) in [5.41, 5.74) is 4.99. The van der Waals surface area contributed by atoms with Gasteiger partial charge in [-0.3, -0.25) is 4.79 Å². The molecule has 5 nitrogen and oxygen atoms in total. The minimum Gasteiger partial charge on any atom is -0.496 e. The summed E-state index contributed by atoms with van der Waals surface area (Å²) in [5, 5.41) is 6.22. The number of nitrogens with one attached hydrogen (secondary N) is 1. The minimum atomic E-state index is -0.259. The van der Waals surface area contributed by atoms with Crippen molar-refractivity contribution in [3.05, 3.63) is 71.8 Å². The van der Waals surface area contributed by atoms with E-state index in [1.807, 2.05) is 67.5 Å². The Balaban J connectivity index is 1.80. The van der Waals surface area contributed by atoms with Crippen LogP contribution in [-0.4, -0.2) is 33.3 Å². The normalized spacial score (nSPS) is 10.9. The predicted octanol–water partition coefficient (Wildman–Crippen LogP) is 3.68. The Morgan fingerprint density at radius 1 is 1.04 bits per heavy atom. The van der Waals surface area contributed by atoms with Crippen molar-refractivity contribution in [2.45, 2.75) is 0 Å². The van der Waals surface area contributed by atoms with Crippen LogP contribution in [0.25, 0.3) is 10.8 Å². The second-order valence-corrected chi connectivity index (χ2v) is 6.04. The van der Waals surface area contributed by atoms with E-state index in [-0.39, 0.29) is 5.91 Å². The zero-order chi connectivity index (χ0) is 18.5.